The molecule has 5 heteroatoms. The SMILES string of the molecule is CCN(Cc1ccccc1N)S(=O)(=O)CC1CC1. The number of sulfonamides is 1. The van der Waals surface area contributed by atoms with Gasteiger partial charge in [0.25, 0.3) is 0 Å². The van der Waals surface area contributed by atoms with Gasteiger partial charge in [-0.2, -0.15) is 4.31 Å². The highest BCUT2D eigenvalue weighted by Gasteiger charge is 2.31. The largest absolute Gasteiger partial charge is 0.398 e. The first kappa shape index (κ1) is 13.4. The fourth-order valence-corrected chi connectivity index (χ4v) is 3.83. The number of hydrogen-bond acceptors (Lipinski definition) is 3. The maximum absolute atomic E-state index is 12.2. The van der Waals surface area contributed by atoms with Crippen molar-refractivity contribution in [3.05, 3.63) is 29.8 Å². The van der Waals surface area contributed by atoms with E-state index in [9.17, 15) is 8.42 Å². The molecule has 1 aromatic rings. The van der Waals surface area contributed by atoms with Crippen LogP contribution in [0.1, 0.15) is 25.3 Å². The second-order valence-corrected chi connectivity index (χ2v) is 6.86. The van der Waals surface area contributed by atoms with Crippen LogP contribution in [0.5, 0.6) is 0 Å². The lowest BCUT2D eigenvalue weighted by atomic mass is 10.2. The molecule has 1 aromatic carbocycles. The van der Waals surface area contributed by atoms with E-state index in [1.54, 1.807) is 6.07 Å². The minimum absolute atomic E-state index is 0.285. The molecule has 0 bridgehead atoms. The first-order valence-electron chi connectivity index (χ1n) is 6.34. The van der Waals surface area contributed by atoms with Crippen molar-refractivity contribution in [2.24, 2.45) is 5.92 Å². The Hall–Kier alpha value is -1.07. The average molecular weight is 268 g/mol. The van der Waals surface area contributed by atoms with Crippen LogP contribution in [0.15, 0.2) is 24.3 Å². The summed E-state index contributed by atoms with van der Waals surface area (Å²) in [6.07, 6.45) is 2.09. The molecule has 0 saturated heterocycles. The van der Waals surface area contributed by atoms with Crippen molar-refractivity contribution in [3.8, 4) is 0 Å². The minimum Gasteiger partial charge on any atom is -0.398 e. The Morgan fingerprint density at radius 2 is 2.00 bits per heavy atom. The summed E-state index contributed by atoms with van der Waals surface area (Å²) >= 11 is 0. The van der Waals surface area contributed by atoms with Crippen molar-refractivity contribution in [2.75, 3.05) is 18.0 Å². The van der Waals surface area contributed by atoms with E-state index in [4.69, 9.17) is 5.73 Å². The monoisotopic (exact) mass is 268 g/mol. The Morgan fingerprint density at radius 3 is 2.56 bits per heavy atom. The lowest BCUT2D eigenvalue weighted by Gasteiger charge is -2.21. The Balaban J connectivity index is 2.11. The zero-order valence-corrected chi connectivity index (χ0v) is 11.5. The molecule has 4 nitrogen and oxygen atoms in total. The standard InChI is InChI=1S/C13H20N2O2S/c1-2-15(18(16,17)10-11-7-8-11)9-12-5-3-4-6-13(12)14/h3-6,11H,2,7-10,14H2,1H3. The lowest BCUT2D eigenvalue weighted by molar-refractivity contribution is 0.422. The third-order valence-electron chi connectivity index (χ3n) is 3.29. The van der Waals surface area contributed by atoms with Crippen LogP contribution in [-0.4, -0.2) is 25.0 Å². The lowest BCUT2D eigenvalue weighted by Crippen LogP contribution is -2.33. The second kappa shape index (κ2) is 5.28. The quantitative estimate of drug-likeness (QED) is 0.801. The van der Waals surface area contributed by atoms with Gasteiger partial charge in [0.15, 0.2) is 0 Å². The Labute approximate surface area is 109 Å². The molecule has 0 heterocycles. The molecule has 0 radical (unpaired) electrons. The molecule has 2 N–H and O–H groups in total. The number of nitrogens with two attached hydrogens (primary N) is 1. The van der Waals surface area contributed by atoms with Gasteiger partial charge >= 0.3 is 0 Å². The number of nitrogens with zero attached hydrogens (tertiary/aromatic N) is 1. The molecule has 18 heavy (non-hydrogen) atoms. The highest BCUT2D eigenvalue weighted by molar-refractivity contribution is 7.89. The topological polar surface area (TPSA) is 63.4 Å². The Morgan fingerprint density at radius 1 is 1.33 bits per heavy atom. The molecule has 0 amide bonds. The van der Waals surface area contributed by atoms with Gasteiger partial charge in [-0.15, -0.1) is 0 Å². The maximum atomic E-state index is 12.2. The molecular weight excluding hydrogens is 248 g/mol. The summed E-state index contributed by atoms with van der Waals surface area (Å²) in [5, 5.41) is 0. The second-order valence-electron chi connectivity index (χ2n) is 4.85. The number of benzene rings is 1. The van der Waals surface area contributed by atoms with Gasteiger partial charge in [-0.05, 0) is 30.4 Å². The van der Waals surface area contributed by atoms with Gasteiger partial charge in [0.05, 0.1) is 5.75 Å². The van der Waals surface area contributed by atoms with Crippen LogP contribution in [0.4, 0.5) is 5.69 Å². The highest BCUT2D eigenvalue weighted by Crippen LogP contribution is 2.31. The molecule has 0 unspecified atom stereocenters. The Bertz CT molecular complexity index is 509. The van der Waals surface area contributed by atoms with Crippen molar-refractivity contribution in [1.29, 1.82) is 0 Å². The van der Waals surface area contributed by atoms with Gasteiger partial charge < -0.3 is 5.73 Å². The molecule has 0 spiro atoms. The van der Waals surface area contributed by atoms with Crippen LogP contribution in [0, 0.1) is 5.92 Å². The van der Waals surface area contributed by atoms with Crippen molar-refractivity contribution < 1.29 is 8.42 Å². The fraction of sp³-hybridized carbons (Fsp3) is 0.538. The molecule has 2 rings (SSSR count). The summed E-state index contributed by atoms with van der Waals surface area (Å²) in [5.74, 6) is 0.658. The Kier molecular flexibility index (Phi) is 3.92. The van der Waals surface area contributed by atoms with Crippen LogP contribution >= 0.6 is 0 Å². The molecular formula is C13H20N2O2S. The first-order valence-corrected chi connectivity index (χ1v) is 7.95. The molecule has 1 aliphatic rings. The van der Waals surface area contributed by atoms with E-state index in [0.717, 1.165) is 18.4 Å². The summed E-state index contributed by atoms with van der Waals surface area (Å²) in [4.78, 5) is 0. The molecule has 1 saturated carbocycles. The fourth-order valence-electron chi connectivity index (χ4n) is 1.96. The average Bonchev–Trinajstić information content (AvgIpc) is 3.11. The normalized spacial score (nSPS) is 16.1. The molecule has 1 aliphatic carbocycles. The molecule has 0 aromatic heterocycles. The number of hydrogen-bond donors (Lipinski definition) is 1. The van der Waals surface area contributed by atoms with Crippen LogP contribution in [-0.2, 0) is 16.6 Å². The maximum Gasteiger partial charge on any atom is 0.214 e. The van der Waals surface area contributed by atoms with E-state index < -0.39 is 10.0 Å². The predicted octanol–water partition coefficient (Wildman–Crippen LogP) is 1.83. The van der Waals surface area contributed by atoms with E-state index in [1.165, 1.54) is 4.31 Å². The summed E-state index contributed by atoms with van der Waals surface area (Å²) in [6, 6.07) is 7.42. The van der Waals surface area contributed by atoms with Crippen molar-refractivity contribution in [1.82, 2.24) is 4.31 Å². The van der Waals surface area contributed by atoms with E-state index in [-0.39, 0.29) is 5.75 Å². The van der Waals surface area contributed by atoms with E-state index in [2.05, 4.69) is 0 Å². The number of para-hydroxylation sites is 1. The predicted molar refractivity (Wildman–Crippen MR) is 73.4 cm³/mol. The molecule has 1 fully saturated rings. The smallest absolute Gasteiger partial charge is 0.214 e. The van der Waals surface area contributed by atoms with E-state index >= 15 is 0 Å². The number of rotatable bonds is 6. The third kappa shape index (κ3) is 3.23. The number of anilines is 1. The highest BCUT2D eigenvalue weighted by atomic mass is 32.2. The van der Waals surface area contributed by atoms with Crippen molar-refractivity contribution >= 4 is 15.7 Å². The zero-order chi connectivity index (χ0) is 13.2. The van der Waals surface area contributed by atoms with Gasteiger partial charge in [0.1, 0.15) is 0 Å². The van der Waals surface area contributed by atoms with Crippen LogP contribution in [0.3, 0.4) is 0 Å². The van der Waals surface area contributed by atoms with E-state index in [0.29, 0.717) is 24.7 Å². The summed E-state index contributed by atoms with van der Waals surface area (Å²) in [5.41, 5.74) is 7.38. The molecule has 100 valence electrons. The van der Waals surface area contributed by atoms with Crippen LogP contribution < -0.4 is 5.73 Å². The summed E-state index contributed by atoms with van der Waals surface area (Å²) in [7, 11) is -3.15. The van der Waals surface area contributed by atoms with Crippen LogP contribution in [0.25, 0.3) is 0 Å². The number of nitrogen functional groups attached to an aromatic ring is 1. The van der Waals surface area contributed by atoms with Crippen molar-refractivity contribution in [3.63, 3.8) is 0 Å². The van der Waals surface area contributed by atoms with Crippen LogP contribution in [0.2, 0.25) is 0 Å². The van der Waals surface area contributed by atoms with E-state index in [1.807, 2.05) is 25.1 Å². The first-order chi connectivity index (χ1) is 8.53. The van der Waals surface area contributed by atoms with Gasteiger partial charge in [-0.25, -0.2) is 8.42 Å². The van der Waals surface area contributed by atoms with Gasteiger partial charge in [-0.3, -0.25) is 0 Å². The summed E-state index contributed by atoms with van der Waals surface area (Å²) in [6.45, 7) is 2.73. The third-order valence-corrected chi connectivity index (χ3v) is 5.36. The van der Waals surface area contributed by atoms with Crippen molar-refractivity contribution in [2.45, 2.75) is 26.3 Å². The summed E-state index contributed by atoms with van der Waals surface area (Å²) < 4.78 is 26.0. The zero-order valence-electron chi connectivity index (χ0n) is 10.7. The minimum atomic E-state index is -3.15. The molecule has 0 atom stereocenters. The molecule has 0 aliphatic heterocycles. The van der Waals surface area contributed by atoms with Gasteiger partial charge in [0.2, 0.25) is 10.0 Å². The van der Waals surface area contributed by atoms with Gasteiger partial charge in [0, 0.05) is 18.8 Å². The van der Waals surface area contributed by atoms with Gasteiger partial charge in [-0.1, -0.05) is 25.1 Å².